The number of hydrogen-bond donors (Lipinski definition) is 2. The lowest BCUT2D eigenvalue weighted by molar-refractivity contribution is -0.115. The summed E-state index contributed by atoms with van der Waals surface area (Å²) in [5.41, 5.74) is 0.951. The standard InChI is InChI=1S/C22H26N2O6/c1-4-9-28-20-5-7-21(8-6-20)29-10-11-30-22(27)17-12-18(23-15(2)25)14-19(13-17)24-16(3)26/h5-8,12-14H,4,9-11H2,1-3H3,(H,23,25)(H,24,26). The van der Waals surface area contributed by atoms with Crippen molar-refractivity contribution in [2.45, 2.75) is 27.2 Å². The molecule has 0 aliphatic heterocycles. The first-order valence-corrected chi connectivity index (χ1v) is 9.60. The normalized spacial score (nSPS) is 10.1. The van der Waals surface area contributed by atoms with Crippen molar-refractivity contribution in [2.24, 2.45) is 0 Å². The molecule has 0 bridgehead atoms. The van der Waals surface area contributed by atoms with Gasteiger partial charge in [0.05, 0.1) is 12.2 Å². The van der Waals surface area contributed by atoms with Gasteiger partial charge < -0.3 is 24.8 Å². The van der Waals surface area contributed by atoms with Crippen LogP contribution in [0.15, 0.2) is 42.5 Å². The van der Waals surface area contributed by atoms with Crippen molar-refractivity contribution in [1.29, 1.82) is 0 Å². The SMILES string of the molecule is CCCOc1ccc(OCCOC(=O)c2cc(NC(C)=O)cc(NC(C)=O)c2)cc1. The molecule has 0 aromatic heterocycles. The Morgan fingerprint density at radius 2 is 1.27 bits per heavy atom. The molecule has 0 atom stereocenters. The molecule has 2 aromatic rings. The maximum atomic E-state index is 12.4. The monoisotopic (exact) mass is 414 g/mol. The van der Waals surface area contributed by atoms with Gasteiger partial charge in [-0.2, -0.15) is 0 Å². The zero-order chi connectivity index (χ0) is 21.9. The van der Waals surface area contributed by atoms with Gasteiger partial charge in [0, 0.05) is 25.2 Å². The molecule has 0 saturated carbocycles. The first-order valence-electron chi connectivity index (χ1n) is 9.60. The van der Waals surface area contributed by atoms with E-state index in [1.165, 1.54) is 26.0 Å². The molecule has 8 heteroatoms. The van der Waals surface area contributed by atoms with Crippen molar-refractivity contribution in [2.75, 3.05) is 30.5 Å². The van der Waals surface area contributed by atoms with E-state index >= 15 is 0 Å². The van der Waals surface area contributed by atoms with E-state index in [-0.39, 0.29) is 30.6 Å². The molecule has 2 aromatic carbocycles. The number of rotatable bonds is 10. The van der Waals surface area contributed by atoms with E-state index in [4.69, 9.17) is 14.2 Å². The van der Waals surface area contributed by atoms with Crippen LogP contribution in [0.1, 0.15) is 37.6 Å². The molecule has 30 heavy (non-hydrogen) atoms. The fourth-order valence-corrected chi connectivity index (χ4v) is 2.53. The van der Waals surface area contributed by atoms with Crippen LogP contribution >= 0.6 is 0 Å². The molecule has 2 rings (SSSR count). The highest BCUT2D eigenvalue weighted by molar-refractivity contribution is 5.97. The lowest BCUT2D eigenvalue weighted by Gasteiger charge is -2.11. The number of anilines is 2. The third kappa shape index (κ3) is 7.83. The molecule has 0 aliphatic carbocycles. The molecule has 160 valence electrons. The van der Waals surface area contributed by atoms with Gasteiger partial charge in [-0.1, -0.05) is 6.92 Å². The van der Waals surface area contributed by atoms with Gasteiger partial charge in [0.15, 0.2) is 0 Å². The average molecular weight is 414 g/mol. The fourth-order valence-electron chi connectivity index (χ4n) is 2.53. The van der Waals surface area contributed by atoms with Crippen molar-refractivity contribution in [3.63, 3.8) is 0 Å². The van der Waals surface area contributed by atoms with Gasteiger partial charge in [-0.25, -0.2) is 4.79 Å². The maximum Gasteiger partial charge on any atom is 0.338 e. The molecule has 2 N–H and O–H groups in total. The number of carbonyl (C=O) groups is 3. The van der Waals surface area contributed by atoms with Crippen molar-refractivity contribution in [3.8, 4) is 11.5 Å². The smallest absolute Gasteiger partial charge is 0.338 e. The highest BCUT2D eigenvalue weighted by atomic mass is 16.6. The van der Waals surface area contributed by atoms with Crippen LogP contribution in [0.5, 0.6) is 11.5 Å². The predicted molar refractivity (Wildman–Crippen MR) is 113 cm³/mol. The van der Waals surface area contributed by atoms with Crippen molar-refractivity contribution < 1.29 is 28.6 Å². The second-order valence-electron chi connectivity index (χ2n) is 6.47. The number of esters is 1. The number of benzene rings is 2. The minimum atomic E-state index is -0.597. The first-order chi connectivity index (χ1) is 14.4. The Labute approximate surface area is 175 Å². The van der Waals surface area contributed by atoms with Crippen molar-refractivity contribution in [1.82, 2.24) is 0 Å². The van der Waals surface area contributed by atoms with Gasteiger partial charge in [0.2, 0.25) is 11.8 Å². The van der Waals surface area contributed by atoms with Gasteiger partial charge in [-0.3, -0.25) is 9.59 Å². The van der Waals surface area contributed by atoms with E-state index in [1.54, 1.807) is 18.2 Å². The zero-order valence-corrected chi connectivity index (χ0v) is 17.3. The van der Waals surface area contributed by atoms with Crippen LogP contribution in [0, 0.1) is 0 Å². The summed E-state index contributed by atoms with van der Waals surface area (Å²) in [7, 11) is 0. The molecule has 0 unspecified atom stereocenters. The number of ether oxygens (including phenoxy) is 3. The molecule has 0 spiro atoms. The Hall–Kier alpha value is -3.55. The van der Waals surface area contributed by atoms with Crippen LogP contribution in [0.3, 0.4) is 0 Å². The van der Waals surface area contributed by atoms with Crippen LogP contribution in [-0.2, 0) is 14.3 Å². The molecule has 0 fully saturated rings. The van der Waals surface area contributed by atoms with Gasteiger partial charge in [-0.15, -0.1) is 0 Å². The number of carbonyl (C=O) groups excluding carboxylic acids is 3. The quantitative estimate of drug-likeness (QED) is 0.455. The largest absolute Gasteiger partial charge is 0.494 e. The Bertz CT molecular complexity index is 845. The van der Waals surface area contributed by atoms with E-state index in [9.17, 15) is 14.4 Å². The van der Waals surface area contributed by atoms with Crippen LogP contribution in [0.4, 0.5) is 11.4 Å². The molecule has 0 radical (unpaired) electrons. The third-order valence-corrected chi connectivity index (χ3v) is 3.69. The van der Waals surface area contributed by atoms with E-state index < -0.39 is 5.97 Å². The number of hydrogen-bond acceptors (Lipinski definition) is 6. The molecule has 2 amide bonds. The Morgan fingerprint density at radius 1 is 0.767 bits per heavy atom. The first kappa shape index (κ1) is 22.7. The second kappa shape index (κ2) is 11.5. The second-order valence-corrected chi connectivity index (χ2v) is 6.47. The minimum absolute atomic E-state index is 0.0345. The lowest BCUT2D eigenvalue weighted by atomic mass is 10.1. The van der Waals surface area contributed by atoms with Gasteiger partial charge >= 0.3 is 5.97 Å². The minimum Gasteiger partial charge on any atom is -0.494 e. The Balaban J connectivity index is 1.90. The Kier molecular flexibility index (Phi) is 8.68. The Morgan fingerprint density at radius 3 is 1.73 bits per heavy atom. The highest BCUT2D eigenvalue weighted by Crippen LogP contribution is 2.21. The van der Waals surface area contributed by atoms with Crippen molar-refractivity contribution in [3.05, 3.63) is 48.0 Å². The summed E-state index contributed by atoms with van der Waals surface area (Å²) in [4.78, 5) is 35.0. The summed E-state index contributed by atoms with van der Waals surface area (Å²) in [5.74, 6) is 0.212. The zero-order valence-electron chi connectivity index (χ0n) is 17.3. The van der Waals surface area contributed by atoms with Gasteiger partial charge in [0.1, 0.15) is 24.7 Å². The van der Waals surface area contributed by atoms with Crippen LogP contribution in [0.25, 0.3) is 0 Å². The molecular weight excluding hydrogens is 388 g/mol. The highest BCUT2D eigenvalue weighted by Gasteiger charge is 2.12. The fraction of sp³-hybridized carbons (Fsp3) is 0.318. The summed E-state index contributed by atoms with van der Waals surface area (Å²) in [6.07, 6.45) is 0.934. The summed E-state index contributed by atoms with van der Waals surface area (Å²) in [6, 6.07) is 11.7. The van der Waals surface area contributed by atoms with E-state index in [0.29, 0.717) is 23.7 Å². The maximum absolute atomic E-state index is 12.4. The summed E-state index contributed by atoms with van der Waals surface area (Å²) in [6.45, 7) is 5.60. The van der Waals surface area contributed by atoms with Crippen LogP contribution in [0.2, 0.25) is 0 Å². The molecule has 8 nitrogen and oxygen atoms in total. The number of nitrogens with one attached hydrogen (secondary N) is 2. The lowest BCUT2D eigenvalue weighted by Crippen LogP contribution is -2.14. The summed E-state index contributed by atoms with van der Waals surface area (Å²) in [5, 5.41) is 5.17. The van der Waals surface area contributed by atoms with E-state index in [0.717, 1.165) is 12.2 Å². The topological polar surface area (TPSA) is 103 Å². The van der Waals surface area contributed by atoms with Crippen LogP contribution in [-0.4, -0.2) is 37.6 Å². The molecule has 0 saturated heterocycles. The van der Waals surface area contributed by atoms with E-state index in [2.05, 4.69) is 10.6 Å². The van der Waals surface area contributed by atoms with E-state index in [1.807, 2.05) is 19.1 Å². The van der Waals surface area contributed by atoms with Gasteiger partial charge in [-0.05, 0) is 48.9 Å². The average Bonchev–Trinajstić information content (AvgIpc) is 2.69. The molecule has 0 aliphatic rings. The number of amides is 2. The predicted octanol–water partition coefficient (Wildman–Crippen LogP) is 3.63. The van der Waals surface area contributed by atoms with Crippen LogP contribution < -0.4 is 20.1 Å². The summed E-state index contributed by atoms with van der Waals surface area (Å²) >= 11 is 0. The molecular formula is C22H26N2O6. The van der Waals surface area contributed by atoms with Gasteiger partial charge in [0.25, 0.3) is 0 Å². The third-order valence-electron chi connectivity index (χ3n) is 3.69. The summed E-state index contributed by atoms with van der Waals surface area (Å²) < 4.78 is 16.3. The van der Waals surface area contributed by atoms with Crippen molar-refractivity contribution >= 4 is 29.2 Å². The molecule has 0 heterocycles.